The molecule has 0 bridgehead atoms. The minimum atomic E-state index is -2.32. The topological polar surface area (TPSA) is 151 Å². The number of hydrogen-bond donors (Lipinski definition) is 4. The van der Waals surface area contributed by atoms with Crippen LogP contribution in [0, 0.1) is 0 Å². The largest absolute Gasteiger partial charge is 0.507 e. The Labute approximate surface area is 195 Å². The maximum atomic E-state index is 13.8. The van der Waals surface area contributed by atoms with Crippen molar-refractivity contribution in [2.45, 2.75) is 74.8 Å². The van der Waals surface area contributed by atoms with Crippen molar-refractivity contribution in [3.8, 4) is 5.75 Å². The third kappa shape index (κ3) is 3.08. The standard InChI is InChI=1S/C25H26O9/c1-12-15(26)6-7-18(33-12)34-25-17(28)10-23(2,31)11-24(25,32)9-8-14-20(25)22(30)13-4-3-5-16(27)19(13)21(14)29/h3-5,8-9,12,15,18,26-27,31-32H,6-7,10-11H2,1-2H3/t12-,15-,18-,23+,24+,25+/m1/s1. The average Bonchev–Trinajstić information content (AvgIpc) is 2.74. The fraction of sp³-hybridized carbons (Fsp3) is 0.480. The number of ether oxygens (including phenoxy) is 2. The fourth-order valence-corrected chi connectivity index (χ4v) is 5.66. The highest BCUT2D eigenvalue weighted by molar-refractivity contribution is 6.31. The minimum absolute atomic E-state index is 0.108. The Morgan fingerprint density at radius 2 is 1.85 bits per heavy atom. The molecule has 1 heterocycles. The lowest BCUT2D eigenvalue weighted by atomic mass is 9.57. The smallest absolute Gasteiger partial charge is 0.198 e. The summed E-state index contributed by atoms with van der Waals surface area (Å²) in [6.45, 7) is 3.04. The predicted octanol–water partition coefficient (Wildman–Crippen LogP) is 1.12. The molecule has 1 saturated carbocycles. The molecule has 0 radical (unpaired) electrons. The second kappa shape index (κ2) is 7.40. The van der Waals surface area contributed by atoms with Gasteiger partial charge in [-0.1, -0.05) is 18.2 Å². The van der Waals surface area contributed by atoms with Crippen LogP contribution in [0.5, 0.6) is 5.75 Å². The van der Waals surface area contributed by atoms with Crippen LogP contribution in [0.4, 0.5) is 0 Å². The lowest BCUT2D eigenvalue weighted by Gasteiger charge is -2.55. The van der Waals surface area contributed by atoms with E-state index in [0.717, 1.165) is 0 Å². The molecular formula is C25H26O9. The van der Waals surface area contributed by atoms with Gasteiger partial charge in [0.1, 0.15) is 11.4 Å². The zero-order chi connectivity index (χ0) is 24.6. The SMILES string of the molecule is C[C@H]1O[C@H](O[C@]23C(=O)C[C@](C)(O)C[C@@]2(O)C=CC2=C3C(=O)c3cccc(O)c3C2=O)CC[C@H]1O. The molecule has 1 aromatic rings. The minimum Gasteiger partial charge on any atom is -0.507 e. The van der Waals surface area contributed by atoms with E-state index in [4.69, 9.17) is 9.47 Å². The Morgan fingerprint density at radius 1 is 1.12 bits per heavy atom. The van der Waals surface area contributed by atoms with Crippen LogP contribution in [0.3, 0.4) is 0 Å². The molecular weight excluding hydrogens is 444 g/mol. The number of hydrogen-bond acceptors (Lipinski definition) is 9. The van der Waals surface area contributed by atoms with Gasteiger partial charge in [0.25, 0.3) is 0 Å². The summed E-state index contributed by atoms with van der Waals surface area (Å²) in [5.41, 5.74) is -6.85. The third-order valence-electron chi connectivity index (χ3n) is 7.24. The molecule has 3 aliphatic carbocycles. The monoisotopic (exact) mass is 470 g/mol. The maximum Gasteiger partial charge on any atom is 0.198 e. The number of aromatic hydroxyl groups is 1. The van der Waals surface area contributed by atoms with E-state index < -0.39 is 59.1 Å². The number of phenols is 1. The van der Waals surface area contributed by atoms with Crippen molar-refractivity contribution in [2.75, 3.05) is 0 Å². The van der Waals surface area contributed by atoms with E-state index >= 15 is 0 Å². The Morgan fingerprint density at radius 3 is 2.56 bits per heavy atom. The lowest BCUT2D eigenvalue weighted by molar-refractivity contribution is -0.282. The van der Waals surface area contributed by atoms with E-state index in [1.54, 1.807) is 6.92 Å². The number of Topliss-reactive ketones (excluding diaryl/α,β-unsaturated/α-hetero) is 3. The van der Waals surface area contributed by atoms with Crippen LogP contribution in [-0.2, 0) is 14.3 Å². The molecule has 2 fully saturated rings. The van der Waals surface area contributed by atoms with E-state index in [1.807, 2.05) is 0 Å². The van der Waals surface area contributed by atoms with Crippen molar-refractivity contribution in [3.63, 3.8) is 0 Å². The summed E-state index contributed by atoms with van der Waals surface area (Å²) in [5, 5.41) is 42.8. The van der Waals surface area contributed by atoms with Gasteiger partial charge >= 0.3 is 0 Å². The van der Waals surface area contributed by atoms with Crippen LogP contribution in [0.15, 0.2) is 41.5 Å². The summed E-state index contributed by atoms with van der Waals surface area (Å²) in [5.74, 6) is -2.55. The highest BCUT2D eigenvalue weighted by Gasteiger charge is 2.68. The fourth-order valence-electron chi connectivity index (χ4n) is 5.66. The van der Waals surface area contributed by atoms with Gasteiger partial charge in [-0.25, -0.2) is 0 Å². The van der Waals surface area contributed by atoms with Crippen LogP contribution in [0.1, 0.15) is 60.2 Å². The molecule has 1 saturated heterocycles. The zero-order valence-electron chi connectivity index (χ0n) is 18.8. The Hall–Kier alpha value is -2.69. The van der Waals surface area contributed by atoms with Crippen molar-refractivity contribution in [3.05, 3.63) is 52.6 Å². The third-order valence-corrected chi connectivity index (χ3v) is 7.24. The number of fused-ring (bicyclic) bond motifs is 3. The van der Waals surface area contributed by atoms with Crippen LogP contribution in [0.2, 0.25) is 0 Å². The van der Waals surface area contributed by atoms with Gasteiger partial charge in [-0.15, -0.1) is 0 Å². The van der Waals surface area contributed by atoms with Gasteiger partial charge in [-0.05, 0) is 32.4 Å². The molecule has 4 aliphatic rings. The first kappa shape index (κ1) is 23.1. The molecule has 9 nitrogen and oxygen atoms in total. The molecule has 0 spiro atoms. The van der Waals surface area contributed by atoms with E-state index in [9.17, 15) is 34.8 Å². The van der Waals surface area contributed by atoms with Crippen molar-refractivity contribution >= 4 is 17.3 Å². The van der Waals surface area contributed by atoms with Gasteiger partial charge in [0.05, 0.1) is 28.9 Å². The molecule has 0 amide bonds. The van der Waals surface area contributed by atoms with E-state index in [1.165, 1.54) is 37.3 Å². The van der Waals surface area contributed by atoms with E-state index in [0.29, 0.717) is 6.42 Å². The van der Waals surface area contributed by atoms with Gasteiger partial charge in [0.2, 0.25) is 0 Å². The molecule has 180 valence electrons. The lowest BCUT2D eigenvalue weighted by Crippen LogP contribution is -2.71. The van der Waals surface area contributed by atoms with Crippen molar-refractivity contribution in [1.82, 2.24) is 0 Å². The number of aliphatic hydroxyl groups excluding tert-OH is 1. The summed E-state index contributed by atoms with van der Waals surface area (Å²) in [6.07, 6.45) is -0.268. The predicted molar refractivity (Wildman–Crippen MR) is 116 cm³/mol. The summed E-state index contributed by atoms with van der Waals surface area (Å²) in [6, 6.07) is 4.06. The Kier molecular flexibility index (Phi) is 5.02. The molecule has 1 aromatic carbocycles. The van der Waals surface area contributed by atoms with E-state index in [2.05, 4.69) is 0 Å². The van der Waals surface area contributed by atoms with Gasteiger partial charge in [-0.2, -0.15) is 0 Å². The van der Waals surface area contributed by atoms with Crippen LogP contribution in [-0.4, -0.2) is 73.1 Å². The maximum absolute atomic E-state index is 13.8. The Balaban J connectivity index is 1.71. The molecule has 5 rings (SSSR count). The molecule has 34 heavy (non-hydrogen) atoms. The van der Waals surface area contributed by atoms with Crippen molar-refractivity contribution < 1.29 is 44.3 Å². The summed E-state index contributed by atoms with van der Waals surface area (Å²) in [4.78, 5) is 40.9. The summed E-state index contributed by atoms with van der Waals surface area (Å²) in [7, 11) is 0. The van der Waals surface area contributed by atoms with Gasteiger partial charge in [0.15, 0.2) is 29.2 Å². The quantitative estimate of drug-likeness (QED) is 0.498. The molecule has 0 aromatic heterocycles. The summed E-state index contributed by atoms with van der Waals surface area (Å²) < 4.78 is 11.9. The second-order valence-corrected chi connectivity index (χ2v) is 9.89. The van der Waals surface area contributed by atoms with E-state index in [-0.39, 0.29) is 40.9 Å². The molecule has 9 heteroatoms. The zero-order valence-corrected chi connectivity index (χ0v) is 18.8. The van der Waals surface area contributed by atoms with Crippen molar-refractivity contribution in [1.29, 1.82) is 0 Å². The highest BCUT2D eigenvalue weighted by Crippen LogP contribution is 2.53. The van der Waals surface area contributed by atoms with Gasteiger partial charge in [0, 0.05) is 30.4 Å². The molecule has 4 N–H and O–H groups in total. The van der Waals surface area contributed by atoms with Crippen LogP contribution in [0.25, 0.3) is 0 Å². The number of carbonyl (C=O) groups is 3. The number of benzene rings is 1. The summed E-state index contributed by atoms with van der Waals surface area (Å²) >= 11 is 0. The van der Waals surface area contributed by atoms with Crippen molar-refractivity contribution in [2.24, 2.45) is 0 Å². The van der Waals surface area contributed by atoms with Gasteiger partial charge in [-0.3, -0.25) is 14.4 Å². The number of carbonyl (C=O) groups excluding carboxylic acids is 3. The first-order chi connectivity index (χ1) is 15.9. The number of ketones is 3. The highest BCUT2D eigenvalue weighted by atomic mass is 16.7. The Bertz CT molecular complexity index is 1180. The number of rotatable bonds is 2. The number of aliphatic hydroxyl groups is 3. The second-order valence-electron chi connectivity index (χ2n) is 9.89. The van der Waals surface area contributed by atoms with Gasteiger partial charge < -0.3 is 29.9 Å². The van der Waals surface area contributed by atoms with Crippen LogP contribution < -0.4 is 0 Å². The first-order valence-electron chi connectivity index (χ1n) is 11.2. The number of phenolic OH excluding ortho intramolecular Hbond substituents is 1. The normalized spacial score (nSPS) is 39.6. The van der Waals surface area contributed by atoms with Crippen LogP contribution >= 0.6 is 0 Å². The number of allylic oxidation sites excluding steroid dienone is 2. The average molecular weight is 470 g/mol. The first-order valence-corrected chi connectivity index (χ1v) is 11.2. The molecule has 1 aliphatic heterocycles. The molecule has 6 atom stereocenters. The molecule has 0 unspecified atom stereocenters.